The summed E-state index contributed by atoms with van der Waals surface area (Å²) in [5.41, 5.74) is 1.20. The van der Waals surface area contributed by atoms with Gasteiger partial charge in [0.1, 0.15) is 0 Å². The molecule has 96 valence electrons. The van der Waals surface area contributed by atoms with Crippen molar-refractivity contribution in [3.63, 3.8) is 0 Å². The molecule has 0 saturated heterocycles. The highest BCUT2D eigenvalue weighted by atomic mass is 15.6. The third-order valence-corrected chi connectivity index (χ3v) is 5.66. The summed E-state index contributed by atoms with van der Waals surface area (Å²) in [5, 5.41) is 11.3. The fourth-order valence-electron chi connectivity index (χ4n) is 4.99. The number of rotatable bonds is 1. The smallest absolute Gasteiger partial charge is 0.0988 e. The third kappa shape index (κ3) is 1.18. The SMILES string of the molecule is C1=C[C@H]2[C@@H](C1)[C@H]1C[C@@H]2[C@H]2[C@@H]1N=NN2c1ccccc1. The molecule has 0 N–H and O–H groups in total. The van der Waals surface area contributed by atoms with Gasteiger partial charge in [-0.15, -0.1) is 0 Å². The largest absolute Gasteiger partial charge is 0.242 e. The van der Waals surface area contributed by atoms with Crippen LogP contribution in [0.25, 0.3) is 0 Å². The van der Waals surface area contributed by atoms with Crippen LogP contribution in [0.2, 0.25) is 0 Å². The highest BCUT2D eigenvalue weighted by molar-refractivity contribution is 5.48. The lowest BCUT2D eigenvalue weighted by molar-refractivity contribution is 0.238. The maximum absolute atomic E-state index is 4.62. The lowest BCUT2D eigenvalue weighted by atomic mass is 9.76. The highest BCUT2D eigenvalue weighted by Gasteiger charge is 2.61. The third-order valence-electron chi connectivity index (χ3n) is 5.66. The monoisotopic (exact) mass is 251 g/mol. The van der Waals surface area contributed by atoms with Crippen LogP contribution in [-0.4, -0.2) is 12.1 Å². The molecule has 4 aliphatic rings. The number of fused-ring (bicyclic) bond motifs is 8. The minimum Gasteiger partial charge on any atom is -0.242 e. The van der Waals surface area contributed by atoms with E-state index in [1.807, 2.05) is 0 Å². The van der Waals surface area contributed by atoms with E-state index in [-0.39, 0.29) is 0 Å². The van der Waals surface area contributed by atoms with Crippen LogP contribution in [-0.2, 0) is 0 Å². The van der Waals surface area contributed by atoms with E-state index >= 15 is 0 Å². The average molecular weight is 251 g/mol. The van der Waals surface area contributed by atoms with Gasteiger partial charge in [0.15, 0.2) is 0 Å². The Hall–Kier alpha value is -1.64. The van der Waals surface area contributed by atoms with E-state index in [4.69, 9.17) is 0 Å². The van der Waals surface area contributed by atoms with Gasteiger partial charge < -0.3 is 0 Å². The highest BCUT2D eigenvalue weighted by Crippen LogP contribution is 2.60. The molecule has 1 aromatic rings. The van der Waals surface area contributed by atoms with Gasteiger partial charge in [0.05, 0.1) is 17.8 Å². The molecule has 0 spiro atoms. The van der Waals surface area contributed by atoms with E-state index in [1.54, 1.807) is 0 Å². The maximum atomic E-state index is 4.62. The van der Waals surface area contributed by atoms with Gasteiger partial charge in [-0.3, -0.25) is 0 Å². The Bertz CT molecular complexity index is 565. The second-order valence-electron chi connectivity index (χ2n) is 6.33. The number of para-hydroxylation sites is 1. The van der Waals surface area contributed by atoms with Crippen molar-refractivity contribution in [2.24, 2.45) is 34.0 Å². The summed E-state index contributed by atoms with van der Waals surface area (Å²) in [6.07, 6.45) is 7.49. The van der Waals surface area contributed by atoms with E-state index in [2.05, 4.69) is 57.8 Å². The molecule has 2 bridgehead atoms. The second kappa shape index (κ2) is 3.47. The van der Waals surface area contributed by atoms with Gasteiger partial charge in [-0.05, 0) is 48.6 Å². The molecule has 1 aromatic carbocycles. The molecular weight excluding hydrogens is 234 g/mol. The van der Waals surface area contributed by atoms with Crippen LogP contribution < -0.4 is 5.01 Å². The Balaban J connectivity index is 1.53. The van der Waals surface area contributed by atoms with Crippen LogP contribution in [0.15, 0.2) is 52.8 Å². The molecule has 0 aromatic heterocycles. The number of hydrogen-bond donors (Lipinski definition) is 0. The fraction of sp³-hybridized carbons (Fsp3) is 0.500. The average Bonchev–Trinajstić information content (AvgIpc) is 3.17. The van der Waals surface area contributed by atoms with Crippen LogP contribution in [0, 0.1) is 23.7 Å². The first kappa shape index (κ1) is 10.2. The summed E-state index contributed by atoms with van der Waals surface area (Å²) in [6, 6.07) is 11.5. The molecule has 3 aliphatic carbocycles. The van der Waals surface area contributed by atoms with Gasteiger partial charge in [0.2, 0.25) is 0 Å². The number of nitrogens with zero attached hydrogens (tertiary/aromatic N) is 3. The van der Waals surface area contributed by atoms with Crippen molar-refractivity contribution < 1.29 is 0 Å². The fourth-order valence-corrected chi connectivity index (χ4v) is 4.99. The summed E-state index contributed by atoms with van der Waals surface area (Å²) in [6.45, 7) is 0. The number of hydrogen-bond acceptors (Lipinski definition) is 3. The first-order chi connectivity index (χ1) is 9.43. The first-order valence-corrected chi connectivity index (χ1v) is 7.35. The molecule has 2 fully saturated rings. The minimum atomic E-state index is 0.450. The topological polar surface area (TPSA) is 28.0 Å². The van der Waals surface area contributed by atoms with Crippen LogP contribution >= 0.6 is 0 Å². The number of anilines is 1. The molecule has 0 amide bonds. The molecule has 3 nitrogen and oxygen atoms in total. The molecule has 6 atom stereocenters. The Morgan fingerprint density at radius 2 is 1.95 bits per heavy atom. The lowest BCUT2D eigenvalue weighted by Crippen LogP contribution is -2.44. The van der Waals surface area contributed by atoms with Gasteiger partial charge in [0, 0.05) is 0 Å². The zero-order chi connectivity index (χ0) is 12.4. The van der Waals surface area contributed by atoms with Crippen molar-refractivity contribution in [3.8, 4) is 0 Å². The number of allylic oxidation sites excluding steroid dienone is 2. The van der Waals surface area contributed by atoms with Gasteiger partial charge >= 0.3 is 0 Å². The van der Waals surface area contributed by atoms with Gasteiger partial charge in [-0.25, -0.2) is 5.01 Å². The van der Waals surface area contributed by atoms with E-state index in [0.29, 0.717) is 12.1 Å². The van der Waals surface area contributed by atoms with Crippen molar-refractivity contribution in [3.05, 3.63) is 42.5 Å². The maximum Gasteiger partial charge on any atom is 0.0988 e. The van der Waals surface area contributed by atoms with Crippen LogP contribution in [0.4, 0.5) is 5.69 Å². The van der Waals surface area contributed by atoms with Gasteiger partial charge in [-0.1, -0.05) is 35.6 Å². The van der Waals surface area contributed by atoms with Crippen LogP contribution in [0.3, 0.4) is 0 Å². The summed E-state index contributed by atoms with van der Waals surface area (Å²) in [4.78, 5) is 0. The zero-order valence-corrected chi connectivity index (χ0v) is 10.8. The molecule has 0 radical (unpaired) electrons. The quantitative estimate of drug-likeness (QED) is 0.702. The molecule has 1 heterocycles. The zero-order valence-electron chi connectivity index (χ0n) is 10.8. The Morgan fingerprint density at radius 3 is 2.84 bits per heavy atom. The van der Waals surface area contributed by atoms with Crippen LogP contribution in [0.5, 0.6) is 0 Å². The normalized spacial score (nSPS) is 44.9. The van der Waals surface area contributed by atoms with Crippen molar-refractivity contribution in [1.82, 2.24) is 0 Å². The Morgan fingerprint density at radius 1 is 1.05 bits per heavy atom. The van der Waals surface area contributed by atoms with Crippen molar-refractivity contribution in [2.45, 2.75) is 24.9 Å². The molecule has 2 saturated carbocycles. The summed E-state index contributed by atoms with van der Waals surface area (Å²) in [5.74, 6) is 3.18. The second-order valence-corrected chi connectivity index (χ2v) is 6.33. The van der Waals surface area contributed by atoms with E-state index < -0.39 is 0 Å². The van der Waals surface area contributed by atoms with Gasteiger partial charge in [-0.2, -0.15) is 5.11 Å². The molecular formula is C16H17N3. The predicted molar refractivity (Wildman–Crippen MR) is 73.7 cm³/mol. The summed E-state index contributed by atoms with van der Waals surface area (Å²) < 4.78 is 0. The van der Waals surface area contributed by atoms with Crippen LogP contribution in [0.1, 0.15) is 12.8 Å². The Labute approximate surface area is 113 Å². The molecule has 3 heteroatoms. The molecule has 0 unspecified atom stereocenters. The van der Waals surface area contributed by atoms with E-state index in [9.17, 15) is 0 Å². The van der Waals surface area contributed by atoms with Crippen molar-refractivity contribution in [2.75, 3.05) is 5.01 Å². The first-order valence-electron chi connectivity index (χ1n) is 7.35. The standard InChI is InChI=1S/C16H17N3/c1-2-5-10(6-3-1)19-16-14-9-13(15(16)17-18-19)11-7-4-8-12(11)14/h1-6,8,11-16H,7,9H2/t11-,12+,13-,14+,15-,16+/m1/s1. The van der Waals surface area contributed by atoms with Crippen molar-refractivity contribution >= 4 is 5.69 Å². The number of benzene rings is 1. The van der Waals surface area contributed by atoms with E-state index in [1.165, 1.54) is 18.5 Å². The molecule has 19 heavy (non-hydrogen) atoms. The Kier molecular flexibility index (Phi) is 1.86. The summed E-state index contributed by atoms with van der Waals surface area (Å²) >= 11 is 0. The molecule has 5 rings (SSSR count). The van der Waals surface area contributed by atoms with E-state index in [0.717, 1.165) is 23.7 Å². The molecule has 1 aliphatic heterocycles. The van der Waals surface area contributed by atoms with Crippen molar-refractivity contribution in [1.29, 1.82) is 0 Å². The minimum absolute atomic E-state index is 0.450. The van der Waals surface area contributed by atoms with Gasteiger partial charge in [0.25, 0.3) is 0 Å². The predicted octanol–water partition coefficient (Wildman–Crippen LogP) is 3.45. The lowest BCUT2D eigenvalue weighted by Gasteiger charge is -2.35. The summed E-state index contributed by atoms with van der Waals surface area (Å²) in [7, 11) is 0.